The van der Waals surface area contributed by atoms with E-state index >= 15 is 0 Å². The van der Waals surface area contributed by atoms with E-state index < -0.39 is 5.60 Å². The van der Waals surface area contributed by atoms with Crippen LogP contribution in [0.2, 0.25) is 0 Å². The molecular weight excluding hydrogens is 566 g/mol. The maximum atomic E-state index is 12.4. The zero-order valence-electron chi connectivity index (χ0n) is 23.5. The summed E-state index contributed by atoms with van der Waals surface area (Å²) in [6.45, 7) is 8.49. The number of imidazole rings is 1. The van der Waals surface area contributed by atoms with Crippen LogP contribution >= 0.6 is 22.7 Å². The molecule has 216 valence electrons. The van der Waals surface area contributed by atoms with Crippen LogP contribution in [0.15, 0.2) is 40.4 Å². The SMILES string of the molecule is COc1cc(OCc2csc(N3CCN(C(=O)OC(C)(C)C)CC3)n2)c2cc(-c3cn4cc(OC)sc4n3)oc2c1. The zero-order valence-corrected chi connectivity index (χ0v) is 25.1. The molecule has 0 bridgehead atoms. The number of aromatic nitrogens is 3. The molecule has 1 aromatic carbocycles. The van der Waals surface area contributed by atoms with E-state index in [0.29, 0.717) is 49.0 Å². The second-order valence-electron chi connectivity index (χ2n) is 10.6. The van der Waals surface area contributed by atoms with Crippen molar-refractivity contribution in [3.63, 3.8) is 0 Å². The molecule has 13 heteroatoms. The van der Waals surface area contributed by atoms with E-state index in [1.807, 2.05) is 61.1 Å². The normalized spacial score (nSPS) is 14.2. The Morgan fingerprint density at radius 1 is 1.05 bits per heavy atom. The first-order valence-corrected chi connectivity index (χ1v) is 14.8. The number of nitrogens with zero attached hydrogens (tertiary/aromatic N) is 5. The molecule has 11 nitrogen and oxygen atoms in total. The van der Waals surface area contributed by atoms with E-state index in [-0.39, 0.29) is 12.7 Å². The molecular formula is C28H31N5O6S2. The van der Waals surface area contributed by atoms with Crippen molar-refractivity contribution in [2.24, 2.45) is 0 Å². The largest absolute Gasteiger partial charge is 0.496 e. The Morgan fingerprint density at radius 2 is 1.85 bits per heavy atom. The fourth-order valence-electron chi connectivity index (χ4n) is 4.50. The van der Waals surface area contributed by atoms with Gasteiger partial charge in [0.2, 0.25) is 0 Å². The Bertz CT molecular complexity index is 1660. The van der Waals surface area contributed by atoms with Crippen LogP contribution in [0.5, 0.6) is 16.6 Å². The highest BCUT2D eigenvalue weighted by Gasteiger charge is 2.27. The summed E-state index contributed by atoms with van der Waals surface area (Å²) < 4.78 is 30.6. The number of amides is 1. The highest BCUT2D eigenvalue weighted by atomic mass is 32.1. The summed E-state index contributed by atoms with van der Waals surface area (Å²) in [5.41, 5.74) is 1.68. The minimum absolute atomic E-state index is 0.273. The van der Waals surface area contributed by atoms with Gasteiger partial charge in [0.25, 0.3) is 0 Å². The molecule has 1 aliphatic rings. The predicted molar refractivity (Wildman–Crippen MR) is 158 cm³/mol. The number of carbonyl (C=O) groups is 1. The van der Waals surface area contributed by atoms with Crippen LogP contribution in [0, 0.1) is 0 Å². The van der Waals surface area contributed by atoms with Crippen molar-refractivity contribution < 1.29 is 28.2 Å². The number of hydrogen-bond acceptors (Lipinski definition) is 11. The van der Waals surface area contributed by atoms with E-state index in [2.05, 4.69) is 9.88 Å². The number of ether oxygens (including phenoxy) is 4. The number of piperazine rings is 1. The molecule has 0 saturated carbocycles. The first kappa shape index (κ1) is 27.2. The summed E-state index contributed by atoms with van der Waals surface area (Å²) in [6.07, 6.45) is 3.53. The standard InChI is InChI=1S/C28H31N5O6S2/c1-28(2,3)39-27(34)32-8-6-31(7-9-32)25-29-17(16-40-25)15-37-21-10-18(35-4)11-22-19(21)12-23(38-22)20-13-33-14-24(36-5)41-26(33)30-20/h10-14,16H,6-9,15H2,1-5H3. The molecule has 6 rings (SSSR count). The molecule has 1 fully saturated rings. The van der Waals surface area contributed by atoms with Crippen molar-refractivity contribution in [2.45, 2.75) is 33.0 Å². The highest BCUT2D eigenvalue weighted by Crippen LogP contribution is 2.38. The molecule has 0 aliphatic carbocycles. The van der Waals surface area contributed by atoms with E-state index in [1.54, 1.807) is 30.5 Å². The van der Waals surface area contributed by atoms with E-state index in [9.17, 15) is 4.79 Å². The number of furan rings is 1. The van der Waals surface area contributed by atoms with Crippen LogP contribution in [0.4, 0.5) is 9.93 Å². The van der Waals surface area contributed by atoms with Gasteiger partial charge in [-0.05, 0) is 26.8 Å². The monoisotopic (exact) mass is 597 g/mol. The molecule has 0 N–H and O–H groups in total. The van der Waals surface area contributed by atoms with Crippen LogP contribution in [0.1, 0.15) is 26.5 Å². The minimum Gasteiger partial charge on any atom is -0.496 e. The summed E-state index contributed by atoms with van der Waals surface area (Å²) in [6, 6.07) is 5.62. The molecule has 0 unspecified atom stereocenters. The van der Waals surface area contributed by atoms with Crippen LogP contribution in [0.3, 0.4) is 0 Å². The van der Waals surface area contributed by atoms with Crippen LogP contribution in [-0.2, 0) is 11.3 Å². The highest BCUT2D eigenvalue weighted by molar-refractivity contribution is 7.18. The Hall–Kier alpha value is -3.97. The van der Waals surface area contributed by atoms with E-state index in [1.165, 1.54) is 11.3 Å². The molecule has 0 spiro atoms. The molecule has 5 aromatic rings. The van der Waals surface area contributed by atoms with Crippen LogP contribution < -0.4 is 19.1 Å². The second-order valence-corrected chi connectivity index (χ2v) is 12.4. The Balaban J connectivity index is 1.14. The molecule has 1 amide bonds. The number of thiazole rings is 2. The maximum Gasteiger partial charge on any atom is 0.410 e. The summed E-state index contributed by atoms with van der Waals surface area (Å²) in [7, 11) is 3.25. The first-order valence-electron chi connectivity index (χ1n) is 13.1. The number of fused-ring (bicyclic) bond motifs is 2. The van der Waals surface area contributed by atoms with Gasteiger partial charge in [0.15, 0.2) is 20.9 Å². The van der Waals surface area contributed by atoms with Gasteiger partial charge in [-0.15, -0.1) is 11.3 Å². The number of hydrogen-bond donors (Lipinski definition) is 0. The van der Waals surface area contributed by atoms with Crippen molar-refractivity contribution in [3.05, 3.63) is 41.7 Å². The van der Waals surface area contributed by atoms with Gasteiger partial charge in [-0.25, -0.2) is 14.8 Å². The van der Waals surface area contributed by atoms with E-state index in [0.717, 1.165) is 31.9 Å². The number of methoxy groups -OCH3 is 2. The zero-order chi connectivity index (χ0) is 28.7. The van der Waals surface area contributed by atoms with Crippen LogP contribution in [0.25, 0.3) is 27.4 Å². The van der Waals surface area contributed by atoms with Gasteiger partial charge in [0.1, 0.15) is 35.0 Å². The second kappa shape index (κ2) is 10.8. The Labute approximate surface area is 244 Å². The number of carbonyl (C=O) groups excluding carboxylic acids is 1. The third kappa shape index (κ3) is 5.77. The molecule has 5 heterocycles. The van der Waals surface area contributed by atoms with E-state index in [4.69, 9.17) is 28.3 Å². The van der Waals surface area contributed by atoms with Gasteiger partial charge in [0.05, 0.1) is 31.5 Å². The number of rotatable bonds is 7. The van der Waals surface area contributed by atoms with Gasteiger partial charge in [-0.2, -0.15) is 0 Å². The lowest BCUT2D eigenvalue weighted by atomic mass is 10.2. The molecule has 4 aromatic heterocycles. The van der Waals surface area contributed by atoms with Crippen molar-refractivity contribution >= 4 is 49.8 Å². The summed E-state index contributed by atoms with van der Waals surface area (Å²) in [5, 5.41) is 4.52. The molecule has 0 atom stereocenters. The van der Waals surface area contributed by atoms with Gasteiger partial charge in [-0.3, -0.25) is 4.40 Å². The molecule has 1 saturated heterocycles. The average Bonchev–Trinajstić information content (AvgIpc) is 3.73. The fourth-order valence-corrected chi connectivity index (χ4v) is 6.15. The van der Waals surface area contributed by atoms with Crippen molar-refractivity contribution in [1.82, 2.24) is 19.3 Å². The number of benzene rings is 1. The smallest absolute Gasteiger partial charge is 0.410 e. The third-order valence-corrected chi connectivity index (χ3v) is 8.42. The van der Waals surface area contributed by atoms with Gasteiger partial charge in [0, 0.05) is 49.9 Å². The van der Waals surface area contributed by atoms with Gasteiger partial charge >= 0.3 is 6.09 Å². The molecule has 0 radical (unpaired) electrons. The lowest BCUT2D eigenvalue weighted by Crippen LogP contribution is -2.50. The van der Waals surface area contributed by atoms with Gasteiger partial charge in [-0.1, -0.05) is 11.3 Å². The maximum absolute atomic E-state index is 12.4. The molecule has 1 aliphatic heterocycles. The Kier molecular flexibility index (Phi) is 7.16. The van der Waals surface area contributed by atoms with Gasteiger partial charge < -0.3 is 33.2 Å². The summed E-state index contributed by atoms with van der Waals surface area (Å²) in [5.74, 6) is 1.90. The topological polar surface area (TPSA) is 104 Å². The summed E-state index contributed by atoms with van der Waals surface area (Å²) >= 11 is 3.03. The molecule has 41 heavy (non-hydrogen) atoms. The quantitative estimate of drug-likeness (QED) is 0.226. The Morgan fingerprint density at radius 3 is 2.56 bits per heavy atom. The lowest BCUT2D eigenvalue weighted by molar-refractivity contribution is 0.0240. The predicted octanol–water partition coefficient (Wildman–Crippen LogP) is 5.92. The fraction of sp³-hybridized carbons (Fsp3) is 0.393. The van der Waals surface area contributed by atoms with Crippen molar-refractivity contribution in [3.8, 4) is 28.0 Å². The first-order chi connectivity index (χ1) is 19.7. The van der Waals surface area contributed by atoms with Crippen molar-refractivity contribution in [1.29, 1.82) is 0 Å². The lowest BCUT2D eigenvalue weighted by Gasteiger charge is -2.35. The van der Waals surface area contributed by atoms with Crippen molar-refractivity contribution in [2.75, 3.05) is 45.3 Å². The van der Waals surface area contributed by atoms with Crippen LogP contribution in [-0.4, -0.2) is 71.4 Å². The minimum atomic E-state index is -0.504. The average molecular weight is 598 g/mol. The summed E-state index contributed by atoms with van der Waals surface area (Å²) in [4.78, 5) is 26.6. The number of anilines is 1. The third-order valence-electron chi connectivity index (χ3n) is 6.51.